The van der Waals surface area contributed by atoms with Gasteiger partial charge in [-0.05, 0) is 36.5 Å². The van der Waals surface area contributed by atoms with Gasteiger partial charge < -0.3 is 10.2 Å². The Balaban J connectivity index is 1.61. The number of hydrogen-bond acceptors (Lipinski definition) is 3. The molecule has 1 aliphatic heterocycles. The molecule has 1 fully saturated rings. The molecule has 0 spiro atoms. The van der Waals surface area contributed by atoms with Crippen molar-refractivity contribution in [3.05, 3.63) is 52.8 Å². The number of H-pyrrole nitrogens is 1. The van der Waals surface area contributed by atoms with Crippen molar-refractivity contribution in [2.75, 3.05) is 13.1 Å². The number of aromatic nitrogens is 2. The van der Waals surface area contributed by atoms with Gasteiger partial charge in [0.1, 0.15) is 5.69 Å². The van der Waals surface area contributed by atoms with Crippen LogP contribution in [-0.4, -0.2) is 46.0 Å². The highest BCUT2D eigenvalue weighted by atomic mass is 16.2. The van der Waals surface area contributed by atoms with Gasteiger partial charge in [-0.2, -0.15) is 5.10 Å². The molecular weight excluding hydrogens is 328 g/mol. The minimum absolute atomic E-state index is 0.0279. The number of rotatable bonds is 5. The summed E-state index contributed by atoms with van der Waals surface area (Å²) in [5, 5.41) is 10.1. The van der Waals surface area contributed by atoms with Crippen molar-refractivity contribution in [1.29, 1.82) is 0 Å². The maximum atomic E-state index is 12.6. The van der Waals surface area contributed by atoms with E-state index in [9.17, 15) is 9.59 Å². The average molecular weight is 354 g/mol. The summed E-state index contributed by atoms with van der Waals surface area (Å²) in [6.07, 6.45) is 1.57. The van der Waals surface area contributed by atoms with Crippen molar-refractivity contribution in [3.63, 3.8) is 0 Å². The van der Waals surface area contributed by atoms with E-state index in [0.717, 1.165) is 24.1 Å². The third-order valence-corrected chi connectivity index (χ3v) is 4.89. The molecule has 2 aromatic rings. The molecule has 6 heteroatoms. The zero-order valence-electron chi connectivity index (χ0n) is 15.6. The Morgan fingerprint density at radius 2 is 2.12 bits per heavy atom. The van der Waals surface area contributed by atoms with Gasteiger partial charge in [-0.1, -0.05) is 39.0 Å². The molecule has 2 N–H and O–H groups in total. The Hall–Kier alpha value is -2.63. The third kappa shape index (κ3) is 3.79. The highest BCUT2D eigenvalue weighted by Gasteiger charge is 2.29. The summed E-state index contributed by atoms with van der Waals surface area (Å²) in [4.78, 5) is 26.9. The normalized spacial score (nSPS) is 16.9. The Morgan fingerprint density at radius 1 is 1.35 bits per heavy atom. The first-order valence-electron chi connectivity index (χ1n) is 9.23. The summed E-state index contributed by atoms with van der Waals surface area (Å²) in [7, 11) is 0. The molecule has 1 aromatic heterocycles. The van der Waals surface area contributed by atoms with Gasteiger partial charge in [0, 0.05) is 30.4 Å². The molecule has 1 aliphatic rings. The van der Waals surface area contributed by atoms with Crippen molar-refractivity contribution >= 4 is 11.8 Å². The molecule has 0 bridgehead atoms. The smallest absolute Gasteiger partial charge is 0.274 e. The van der Waals surface area contributed by atoms with E-state index in [1.54, 1.807) is 4.90 Å². The van der Waals surface area contributed by atoms with E-state index in [0.29, 0.717) is 30.3 Å². The number of carbonyl (C=O) groups is 2. The molecule has 2 heterocycles. The van der Waals surface area contributed by atoms with Crippen LogP contribution < -0.4 is 5.32 Å². The number of aryl methyl sites for hydroxylation is 1. The van der Waals surface area contributed by atoms with Crippen molar-refractivity contribution < 1.29 is 9.59 Å². The van der Waals surface area contributed by atoms with Gasteiger partial charge in [-0.3, -0.25) is 14.7 Å². The molecule has 1 aromatic carbocycles. The van der Waals surface area contributed by atoms with Crippen LogP contribution in [0.25, 0.3) is 0 Å². The number of benzene rings is 1. The number of aromatic amines is 1. The Labute approximate surface area is 154 Å². The Morgan fingerprint density at radius 3 is 2.81 bits per heavy atom. The second kappa shape index (κ2) is 7.72. The predicted molar refractivity (Wildman–Crippen MR) is 100 cm³/mol. The lowest BCUT2D eigenvalue weighted by Crippen LogP contribution is -2.38. The molecule has 1 saturated heterocycles. The van der Waals surface area contributed by atoms with E-state index in [-0.39, 0.29) is 17.9 Å². The van der Waals surface area contributed by atoms with Gasteiger partial charge in [-0.25, -0.2) is 0 Å². The number of likely N-dealkylation sites (tertiary alicyclic amines) is 1. The largest absolute Gasteiger partial charge is 0.347 e. The van der Waals surface area contributed by atoms with Crippen molar-refractivity contribution in [2.24, 2.45) is 0 Å². The second-order valence-electron chi connectivity index (χ2n) is 7.08. The number of nitrogens with one attached hydrogen (secondary N) is 2. The molecule has 1 unspecified atom stereocenters. The van der Waals surface area contributed by atoms with Gasteiger partial charge in [0.15, 0.2) is 0 Å². The van der Waals surface area contributed by atoms with Crippen molar-refractivity contribution in [2.45, 2.75) is 45.6 Å². The molecule has 0 saturated carbocycles. The molecule has 0 aliphatic carbocycles. The van der Waals surface area contributed by atoms with Crippen molar-refractivity contribution in [3.8, 4) is 0 Å². The zero-order chi connectivity index (χ0) is 18.7. The summed E-state index contributed by atoms with van der Waals surface area (Å²) in [5.41, 5.74) is 3.15. The minimum atomic E-state index is -0.0844. The Bertz CT molecular complexity index is 797. The van der Waals surface area contributed by atoms with Crippen LogP contribution in [-0.2, 0) is 6.42 Å². The van der Waals surface area contributed by atoms with Gasteiger partial charge in [0.25, 0.3) is 11.8 Å². The van der Waals surface area contributed by atoms with Gasteiger partial charge in [0.2, 0.25) is 0 Å². The molecular formula is C20H26N4O2. The monoisotopic (exact) mass is 354 g/mol. The van der Waals surface area contributed by atoms with Crippen LogP contribution in [0.4, 0.5) is 0 Å². The summed E-state index contributed by atoms with van der Waals surface area (Å²) in [5.74, 6) is 0.149. The zero-order valence-corrected chi connectivity index (χ0v) is 15.6. The maximum Gasteiger partial charge on any atom is 0.274 e. The van der Waals surface area contributed by atoms with E-state index in [1.807, 2.05) is 37.3 Å². The first kappa shape index (κ1) is 18.2. The number of hydrogen-bond donors (Lipinski definition) is 2. The quantitative estimate of drug-likeness (QED) is 0.867. The van der Waals surface area contributed by atoms with Crippen LogP contribution in [0, 0.1) is 0 Å². The lowest BCUT2D eigenvalue weighted by molar-refractivity contribution is 0.0777. The number of nitrogens with zero attached hydrogens (tertiary/aromatic N) is 2. The summed E-state index contributed by atoms with van der Waals surface area (Å²) in [6, 6.07) is 9.44. The topological polar surface area (TPSA) is 78.1 Å². The van der Waals surface area contributed by atoms with Crippen LogP contribution in [0.1, 0.15) is 65.2 Å². The predicted octanol–water partition coefficient (Wildman–Crippen LogP) is 2.74. The molecule has 2 amide bonds. The third-order valence-electron chi connectivity index (χ3n) is 4.89. The van der Waals surface area contributed by atoms with Crippen LogP contribution in [0.3, 0.4) is 0 Å². The van der Waals surface area contributed by atoms with E-state index in [1.165, 1.54) is 0 Å². The summed E-state index contributed by atoms with van der Waals surface area (Å²) < 4.78 is 0. The van der Waals surface area contributed by atoms with Crippen LogP contribution in [0.5, 0.6) is 0 Å². The van der Waals surface area contributed by atoms with E-state index < -0.39 is 0 Å². The first-order chi connectivity index (χ1) is 12.5. The highest BCUT2D eigenvalue weighted by Crippen LogP contribution is 2.17. The maximum absolute atomic E-state index is 12.6. The lowest BCUT2D eigenvalue weighted by atomic mass is 10.0. The first-order valence-corrected chi connectivity index (χ1v) is 9.23. The van der Waals surface area contributed by atoms with Crippen LogP contribution in [0.2, 0.25) is 0 Å². The molecule has 26 heavy (non-hydrogen) atoms. The summed E-state index contributed by atoms with van der Waals surface area (Å²) >= 11 is 0. The van der Waals surface area contributed by atoms with Gasteiger partial charge in [-0.15, -0.1) is 0 Å². The number of carbonyl (C=O) groups excluding carboxylic acids is 2. The Kier molecular flexibility index (Phi) is 5.40. The summed E-state index contributed by atoms with van der Waals surface area (Å²) in [6.45, 7) is 7.29. The van der Waals surface area contributed by atoms with Gasteiger partial charge in [0.05, 0.1) is 0 Å². The molecule has 6 nitrogen and oxygen atoms in total. The second-order valence-corrected chi connectivity index (χ2v) is 7.08. The molecule has 138 valence electrons. The lowest BCUT2D eigenvalue weighted by Gasteiger charge is -2.16. The fourth-order valence-corrected chi connectivity index (χ4v) is 3.28. The van der Waals surface area contributed by atoms with E-state index >= 15 is 0 Å². The van der Waals surface area contributed by atoms with E-state index in [4.69, 9.17) is 0 Å². The molecule has 3 rings (SSSR count). The highest BCUT2D eigenvalue weighted by molar-refractivity contribution is 5.96. The fraction of sp³-hybridized carbons (Fsp3) is 0.450. The molecule has 1 atom stereocenters. The average Bonchev–Trinajstić information content (AvgIpc) is 3.30. The van der Waals surface area contributed by atoms with Crippen molar-refractivity contribution in [1.82, 2.24) is 20.4 Å². The standard InChI is InChI=1S/C20H26N4O2/c1-4-14-7-5-6-8-16(14)19(25)21-15-9-10-24(12-15)20(26)18-11-17(13(2)3)22-23-18/h5-8,11,13,15H,4,9-10,12H2,1-3H3,(H,21,25)(H,22,23). The minimum Gasteiger partial charge on any atom is -0.347 e. The van der Waals surface area contributed by atoms with E-state index in [2.05, 4.69) is 29.4 Å². The van der Waals surface area contributed by atoms with Crippen LogP contribution in [0.15, 0.2) is 30.3 Å². The van der Waals surface area contributed by atoms with Gasteiger partial charge >= 0.3 is 0 Å². The SMILES string of the molecule is CCc1ccccc1C(=O)NC1CCN(C(=O)c2cc(C(C)C)[nH]n2)C1. The van der Waals surface area contributed by atoms with Crippen LogP contribution >= 0.6 is 0 Å². The fourth-order valence-electron chi connectivity index (χ4n) is 3.28. The molecule has 0 radical (unpaired) electrons. The number of amides is 2.